The second-order valence-corrected chi connectivity index (χ2v) is 7.87. The molecule has 7 heteroatoms. The average molecular weight is 354 g/mol. The molecule has 0 aliphatic carbocycles. The normalized spacial score (nSPS) is 25.3. The lowest BCUT2D eigenvalue weighted by molar-refractivity contribution is 0.00578. The number of nitrogens with zero attached hydrogens (tertiary/aromatic N) is 1. The van der Waals surface area contributed by atoms with Gasteiger partial charge < -0.3 is 14.2 Å². The molecule has 1 atom stereocenters. The molecular weight excluding hydrogens is 331 g/mol. The summed E-state index contributed by atoms with van der Waals surface area (Å²) in [5.41, 5.74) is 0.230. The molecule has 0 unspecified atom stereocenters. The zero-order valence-corrected chi connectivity index (χ0v) is 15.2. The highest BCUT2D eigenvalue weighted by molar-refractivity contribution is 6.65. The van der Waals surface area contributed by atoms with E-state index in [0.29, 0.717) is 29.0 Å². The topological polar surface area (TPSA) is 38.8 Å². The van der Waals surface area contributed by atoms with Crippen LogP contribution in [0.1, 0.15) is 44.5 Å². The maximum Gasteiger partial charge on any atom is 0.496 e. The molecule has 0 aromatic heterocycles. The largest absolute Gasteiger partial charge is 0.496 e. The fourth-order valence-corrected chi connectivity index (χ4v) is 3.18. The number of halogens is 2. The van der Waals surface area contributed by atoms with Crippen molar-refractivity contribution in [3.63, 3.8) is 0 Å². The molecule has 2 aliphatic rings. The number of carbonyl (C=O) groups excluding carboxylic acids is 1. The first-order chi connectivity index (χ1) is 11.1. The van der Waals surface area contributed by atoms with Gasteiger partial charge in [-0.1, -0.05) is 17.7 Å². The SMILES string of the molecule is CC1(C)OB(c2ccc(C(=O)N3CC[C@H](F)C3)cc2Cl)OC1(C)C. The van der Waals surface area contributed by atoms with Crippen molar-refractivity contribution in [3.8, 4) is 0 Å². The molecule has 0 bridgehead atoms. The maximum absolute atomic E-state index is 13.3. The number of benzene rings is 1. The second-order valence-electron chi connectivity index (χ2n) is 7.46. The third-order valence-electron chi connectivity index (χ3n) is 5.17. The molecule has 0 radical (unpaired) electrons. The molecule has 2 aliphatic heterocycles. The van der Waals surface area contributed by atoms with Crippen molar-refractivity contribution in [1.29, 1.82) is 0 Å². The van der Waals surface area contributed by atoms with E-state index in [1.807, 2.05) is 27.7 Å². The Balaban J connectivity index is 1.80. The first kappa shape index (κ1) is 17.7. The van der Waals surface area contributed by atoms with Crippen molar-refractivity contribution >= 4 is 30.1 Å². The fourth-order valence-electron chi connectivity index (χ4n) is 2.91. The molecule has 0 spiro atoms. The molecule has 1 aromatic carbocycles. The number of hydrogen-bond acceptors (Lipinski definition) is 3. The van der Waals surface area contributed by atoms with Gasteiger partial charge in [0.1, 0.15) is 6.17 Å². The Hall–Kier alpha value is -1.11. The van der Waals surface area contributed by atoms with Crippen LogP contribution in [-0.2, 0) is 9.31 Å². The number of hydrogen-bond donors (Lipinski definition) is 0. The smallest absolute Gasteiger partial charge is 0.399 e. The van der Waals surface area contributed by atoms with Gasteiger partial charge in [-0.15, -0.1) is 0 Å². The Bertz CT molecular complexity index is 651. The number of rotatable bonds is 2. The maximum atomic E-state index is 13.3. The quantitative estimate of drug-likeness (QED) is 0.768. The Morgan fingerprint density at radius 2 is 1.92 bits per heavy atom. The van der Waals surface area contributed by atoms with Gasteiger partial charge >= 0.3 is 7.12 Å². The molecule has 4 nitrogen and oxygen atoms in total. The van der Waals surface area contributed by atoms with Crippen LogP contribution in [-0.4, -0.2) is 48.4 Å². The van der Waals surface area contributed by atoms with Crippen LogP contribution >= 0.6 is 11.6 Å². The molecule has 3 rings (SSSR count). The van der Waals surface area contributed by atoms with Crippen LogP contribution in [0.25, 0.3) is 0 Å². The third-order valence-corrected chi connectivity index (χ3v) is 5.50. The summed E-state index contributed by atoms with van der Waals surface area (Å²) in [4.78, 5) is 13.9. The van der Waals surface area contributed by atoms with Crippen LogP contribution in [0.5, 0.6) is 0 Å². The zero-order valence-electron chi connectivity index (χ0n) is 14.4. The standard InChI is InChI=1S/C17H22BClFNO3/c1-16(2)17(3,4)24-18(23-16)13-6-5-11(9-14(13)19)15(22)21-8-7-12(20)10-21/h5-6,9,12H,7-8,10H2,1-4H3/t12-/m0/s1. The summed E-state index contributed by atoms with van der Waals surface area (Å²) in [6.07, 6.45) is -0.542. The lowest BCUT2D eigenvalue weighted by Gasteiger charge is -2.32. The van der Waals surface area contributed by atoms with Crippen molar-refractivity contribution in [2.75, 3.05) is 13.1 Å². The molecule has 0 N–H and O–H groups in total. The minimum absolute atomic E-state index is 0.148. The summed E-state index contributed by atoms with van der Waals surface area (Å²) >= 11 is 6.37. The van der Waals surface area contributed by atoms with Gasteiger partial charge in [0.05, 0.1) is 17.7 Å². The summed E-state index contributed by atoms with van der Waals surface area (Å²) in [6.45, 7) is 8.48. The van der Waals surface area contributed by atoms with E-state index in [-0.39, 0.29) is 12.5 Å². The Morgan fingerprint density at radius 3 is 2.42 bits per heavy atom. The van der Waals surface area contributed by atoms with Gasteiger partial charge in [0, 0.05) is 22.6 Å². The minimum atomic E-state index is -0.937. The summed E-state index contributed by atoms with van der Waals surface area (Å²) < 4.78 is 25.3. The molecule has 2 heterocycles. The van der Waals surface area contributed by atoms with Crippen LogP contribution in [0.15, 0.2) is 18.2 Å². The summed E-state index contributed by atoms with van der Waals surface area (Å²) in [5, 5.41) is 0.412. The van der Waals surface area contributed by atoms with E-state index < -0.39 is 24.5 Å². The van der Waals surface area contributed by atoms with Crippen LogP contribution in [0.4, 0.5) is 4.39 Å². The average Bonchev–Trinajstić information content (AvgIpc) is 2.99. The second kappa shape index (κ2) is 6.01. The molecule has 130 valence electrons. The molecule has 2 fully saturated rings. The van der Waals surface area contributed by atoms with E-state index >= 15 is 0 Å². The number of amides is 1. The highest BCUT2D eigenvalue weighted by Crippen LogP contribution is 2.37. The monoisotopic (exact) mass is 353 g/mol. The van der Waals surface area contributed by atoms with Crippen molar-refractivity contribution < 1.29 is 18.5 Å². The van der Waals surface area contributed by atoms with E-state index in [1.165, 1.54) is 4.90 Å². The lowest BCUT2D eigenvalue weighted by Crippen LogP contribution is -2.41. The van der Waals surface area contributed by atoms with E-state index in [1.54, 1.807) is 18.2 Å². The number of carbonyl (C=O) groups is 1. The van der Waals surface area contributed by atoms with Gasteiger partial charge in [-0.05, 0) is 46.2 Å². The minimum Gasteiger partial charge on any atom is -0.399 e. The first-order valence-electron chi connectivity index (χ1n) is 8.19. The van der Waals surface area contributed by atoms with Gasteiger partial charge in [0.25, 0.3) is 5.91 Å². The summed E-state index contributed by atoms with van der Waals surface area (Å²) in [7, 11) is -0.575. The van der Waals surface area contributed by atoms with Crippen molar-refractivity contribution in [2.45, 2.75) is 51.5 Å². The van der Waals surface area contributed by atoms with E-state index in [0.717, 1.165) is 0 Å². The van der Waals surface area contributed by atoms with Crippen molar-refractivity contribution in [2.24, 2.45) is 0 Å². The predicted octanol–water partition coefficient (Wildman–Crippen LogP) is 2.82. The van der Waals surface area contributed by atoms with E-state index in [2.05, 4.69) is 0 Å². The van der Waals surface area contributed by atoms with E-state index in [4.69, 9.17) is 20.9 Å². The third kappa shape index (κ3) is 3.07. The lowest BCUT2D eigenvalue weighted by atomic mass is 9.78. The Morgan fingerprint density at radius 1 is 1.29 bits per heavy atom. The van der Waals surface area contributed by atoms with Crippen molar-refractivity contribution in [3.05, 3.63) is 28.8 Å². The highest BCUT2D eigenvalue weighted by Gasteiger charge is 2.52. The predicted molar refractivity (Wildman–Crippen MR) is 92.6 cm³/mol. The van der Waals surface area contributed by atoms with Crippen LogP contribution < -0.4 is 5.46 Å². The Kier molecular flexibility index (Phi) is 4.43. The molecular formula is C17H22BClFNO3. The highest BCUT2D eigenvalue weighted by atomic mass is 35.5. The molecule has 0 saturated carbocycles. The summed E-state index contributed by atoms with van der Waals surface area (Å²) in [6, 6.07) is 5.05. The Labute approximate surface area is 147 Å². The van der Waals surface area contributed by atoms with Gasteiger partial charge in [0.15, 0.2) is 0 Å². The van der Waals surface area contributed by atoms with Crippen molar-refractivity contribution in [1.82, 2.24) is 4.90 Å². The first-order valence-corrected chi connectivity index (χ1v) is 8.57. The molecule has 2 saturated heterocycles. The molecule has 1 amide bonds. The van der Waals surface area contributed by atoms with Crippen LogP contribution in [0.2, 0.25) is 5.02 Å². The van der Waals surface area contributed by atoms with Gasteiger partial charge in [0.2, 0.25) is 0 Å². The fraction of sp³-hybridized carbons (Fsp3) is 0.588. The van der Waals surface area contributed by atoms with Gasteiger partial charge in [-0.25, -0.2) is 4.39 Å². The number of alkyl halides is 1. The van der Waals surface area contributed by atoms with Gasteiger partial charge in [-0.2, -0.15) is 0 Å². The summed E-state index contributed by atoms with van der Waals surface area (Å²) in [5.74, 6) is -0.197. The van der Waals surface area contributed by atoms with Crippen LogP contribution in [0, 0.1) is 0 Å². The molecule has 24 heavy (non-hydrogen) atoms. The zero-order chi connectivity index (χ0) is 17.7. The van der Waals surface area contributed by atoms with Crippen LogP contribution in [0.3, 0.4) is 0 Å². The number of likely N-dealkylation sites (tertiary alicyclic amines) is 1. The van der Waals surface area contributed by atoms with E-state index in [9.17, 15) is 9.18 Å². The molecule has 1 aromatic rings. The van der Waals surface area contributed by atoms with Gasteiger partial charge in [-0.3, -0.25) is 4.79 Å².